The molecule has 0 aliphatic heterocycles. The van der Waals surface area contributed by atoms with Crippen LogP contribution in [0.1, 0.15) is 5.56 Å². The van der Waals surface area contributed by atoms with Crippen LogP contribution in [-0.4, -0.2) is 23.2 Å². The summed E-state index contributed by atoms with van der Waals surface area (Å²) in [6.07, 6.45) is 1.51. The predicted octanol–water partition coefficient (Wildman–Crippen LogP) is 4.71. The smallest absolute Gasteiger partial charge is 0.342 e. The first kappa shape index (κ1) is 16.4. The quantitative estimate of drug-likeness (QED) is 0.524. The maximum Gasteiger partial charge on any atom is 0.342 e. The van der Waals surface area contributed by atoms with E-state index in [4.69, 9.17) is 20.8 Å². The minimum atomic E-state index is -1.07. The number of nitrogens with zero attached hydrogens (tertiary/aromatic N) is 1. The number of thioether (sulfide) groups is 1. The molecule has 5 nitrogen and oxygen atoms in total. The number of benzene rings is 2. The largest absolute Gasteiger partial charge is 0.495 e. The maximum atomic E-state index is 11.5. The molecular weight excluding hydrogens is 350 g/mol. The first-order chi connectivity index (χ1) is 11.6. The average molecular weight is 362 g/mol. The molecular formula is C17H12ClNO4S. The van der Waals surface area contributed by atoms with Crippen LogP contribution in [0.2, 0.25) is 5.02 Å². The number of carboxylic acid groups (broad SMARTS) is 1. The van der Waals surface area contributed by atoms with Crippen molar-refractivity contribution in [3.8, 4) is 5.75 Å². The van der Waals surface area contributed by atoms with Gasteiger partial charge in [0.2, 0.25) is 0 Å². The minimum absolute atomic E-state index is 0.0720. The van der Waals surface area contributed by atoms with Crippen molar-refractivity contribution >= 4 is 46.5 Å². The molecule has 0 saturated carbocycles. The van der Waals surface area contributed by atoms with Crippen LogP contribution in [0, 0.1) is 0 Å². The highest BCUT2D eigenvalue weighted by molar-refractivity contribution is 8.03. The summed E-state index contributed by atoms with van der Waals surface area (Å²) < 4.78 is 10.6. The molecule has 2 aromatic carbocycles. The molecule has 0 fully saturated rings. The third kappa shape index (κ3) is 3.55. The van der Waals surface area contributed by atoms with Crippen LogP contribution in [-0.2, 0) is 4.79 Å². The number of hydrogen-bond acceptors (Lipinski definition) is 5. The van der Waals surface area contributed by atoms with Gasteiger partial charge >= 0.3 is 5.97 Å². The molecule has 0 aliphatic carbocycles. The van der Waals surface area contributed by atoms with Crippen LogP contribution in [0.4, 0.5) is 0 Å². The molecule has 0 saturated heterocycles. The van der Waals surface area contributed by atoms with E-state index in [1.54, 1.807) is 30.3 Å². The monoisotopic (exact) mass is 361 g/mol. The van der Waals surface area contributed by atoms with E-state index >= 15 is 0 Å². The number of oxazole rings is 1. The lowest BCUT2D eigenvalue weighted by Gasteiger charge is -2.04. The Kier molecular flexibility index (Phi) is 4.78. The van der Waals surface area contributed by atoms with E-state index in [9.17, 15) is 9.90 Å². The summed E-state index contributed by atoms with van der Waals surface area (Å²) in [6.45, 7) is 0. The van der Waals surface area contributed by atoms with Gasteiger partial charge in [0.1, 0.15) is 16.2 Å². The second-order valence-electron chi connectivity index (χ2n) is 4.76. The Balaban J connectivity index is 1.91. The Bertz CT molecular complexity index is 902. The van der Waals surface area contributed by atoms with Crippen LogP contribution in [0.3, 0.4) is 0 Å². The van der Waals surface area contributed by atoms with Gasteiger partial charge in [0, 0.05) is 0 Å². The molecule has 3 aromatic rings. The van der Waals surface area contributed by atoms with E-state index in [1.165, 1.54) is 13.2 Å². The highest BCUT2D eigenvalue weighted by Gasteiger charge is 2.15. The molecule has 1 heterocycles. The van der Waals surface area contributed by atoms with Gasteiger partial charge in [-0.3, -0.25) is 0 Å². The first-order valence-electron chi connectivity index (χ1n) is 6.89. The molecule has 122 valence electrons. The number of fused-ring (bicyclic) bond motifs is 1. The molecule has 24 heavy (non-hydrogen) atoms. The Morgan fingerprint density at radius 1 is 1.33 bits per heavy atom. The molecule has 7 heteroatoms. The summed E-state index contributed by atoms with van der Waals surface area (Å²) in [5.41, 5.74) is 1.93. The number of carboxylic acids is 1. The Morgan fingerprint density at radius 2 is 2.12 bits per heavy atom. The standard InChI is InChI=1S/C17H12ClNO4S/c1-22-13-7-6-10(8-11(13)18)9-15(16(20)21)24-17-19-12-4-2-3-5-14(12)23-17/h2-9H,1H3,(H,20,21)/b15-9+. The van der Waals surface area contributed by atoms with Crippen LogP contribution in [0.15, 0.2) is 57.0 Å². The van der Waals surface area contributed by atoms with E-state index in [0.717, 1.165) is 11.8 Å². The van der Waals surface area contributed by atoms with Gasteiger partial charge in [0.05, 0.1) is 12.1 Å². The number of carbonyl (C=O) groups is 1. The molecule has 0 aliphatic rings. The second kappa shape index (κ2) is 6.98. The molecule has 1 aromatic heterocycles. The summed E-state index contributed by atoms with van der Waals surface area (Å²) >= 11 is 7.01. The molecule has 0 spiro atoms. The molecule has 0 bridgehead atoms. The topological polar surface area (TPSA) is 72.6 Å². The maximum absolute atomic E-state index is 11.5. The summed E-state index contributed by atoms with van der Waals surface area (Å²) in [5, 5.41) is 10.1. The number of methoxy groups -OCH3 is 1. The second-order valence-corrected chi connectivity index (χ2v) is 6.16. The number of aromatic nitrogens is 1. The average Bonchev–Trinajstić information content (AvgIpc) is 2.96. The third-order valence-electron chi connectivity index (χ3n) is 3.16. The minimum Gasteiger partial charge on any atom is -0.495 e. The van der Waals surface area contributed by atoms with Gasteiger partial charge < -0.3 is 14.3 Å². The number of ether oxygens (including phenoxy) is 1. The highest BCUT2D eigenvalue weighted by atomic mass is 35.5. The fraction of sp³-hybridized carbons (Fsp3) is 0.0588. The van der Waals surface area contributed by atoms with Crippen molar-refractivity contribution in [2.24, 2.45) is 0 Å². The molecule has 1 N–H and O–H groups in total. The van der Waals surface area contributed by atoms with Crippen molar-refractivity contribution in [3.05, 3.63) is 58.0 Å². The lowest BCUT2D eigenvalue weighted by atomic mass is 10.2. The van der Waals surface area contributed by atoms with Gasteiger partial charge in [-0.2, -0.15) is 0 Å². The van der Waals surface area contributed by atoms with Crippen molar-refractivity contribution in [1.82, 2.24) is 4.98 Å². The fourth-order valence-corrected chi connectivity index (χ4v) is 3.06. The number of halogens is 1. The summed E-state index contributed by atoms with van der Waals surface area (Å²) in [7, 11) is 1.52. The summed E-state index contributed by atoms with van der Waals surface area (Å²) in [4.78, 5) is 15.9. The number of rotatable bonds is 5. The normalized spacial score (nSPS) is 11.7. The van der Waals surface area contributed by atoms with Crippen LogP contribution < -0.4 is 4.74 Å². The van der Waals surface area contributed by atoms with Crippen molar-refractivity contribution in [3.63, 3.8) is 0 Å². The zero-order chi connectivity index (χ0) is 17.1. The zero-order valence-electron chi connectivity index (χ0n) is 12.5. The van der Waals surface area contributed by atoms with Crippen LogP contribution in [0.5, 0.6) is 5.75 Å². The van der Waals surface area contributed by atoms with Crippen molar-refractivity contribution < 1.29 is 19.1 Å². The lowest BCUT2D eigenvalue weighted by molar-refractivity contribution is -0.131. The van der Waals surface area contributed by atoms with Gasteiger partial charge in [0.15, 0.2) is 5.58 Å². The first-order valence-corrected chi connectivity index (χ1v) is 8.08. The molecule has 3 rings (SSSR count). The predicted molar refractivity (Wildman–Crippen MR) is 93.5 cm³/mol. The van der Waals surface area contributed by atoms with Crippen molar-refractivity contribution in [2.75, 3.05) is 7.11 Å². The summed E-state index contributed by atoms with van der Waals surface area (Å²) in [5.74, 6) is -0.550. The van der Waals surface area contributed by atoms with E-state index in [0.29, 0.717) is 27.4 Å². The Hall–Kier alpha value is -2.44. The highest BCUT2D eigenvalue weighted by Crippen LogP contribution is 2.32. The lowest BCUT2D eigenvalue weighted by Crippen LogP contribution is -1.96. The van der Waals surface area contributed by atoms with Gasteiger partial charge in [-0.05, 0) is 47.7 Å². The third-order valence-corrected chi connectivity index (χ3v) is 4.31. The van der Waals surface area contributed by atoms with E-state index in [1.807, 2.05) is 12.1 Å². The van der Waals surface area contributed by atoms with Crippen molar-refractivity contribution in [1.29, 1.82) is 0 Å². The van der Waals surface area contributed by atoms with Gasteiger partial charge in [-0.25, -0.2) is 9.78 Å². The van der Waals surface area contributed by atoms with Crippen molar-refractivity contribution in [2.45, 2.75) is 5.22 Å². The molecule has 0 radical (unpaired) electrons. The summed E-state index contributed by atoms with van der Waals surface area (Å²) in [6, 6.07) is 12.3. The van der Waals surface area contributed by atoms with E-state index in [2.05, 4.69) is 4.98 Å². The Labute approximate surface area is 146 Å². The Morgan fingerprint density at radius 3 is 2.79 bits per heavy atom. The molecule has 0 unspecified atom stereocenters. The zero-order valence-corrected chi connectivity index (χ0v) is 14.1. The fourth-order valence-electron chi connectivity index (χ4n) is 2.05. The molecule has 0 amide bonds. The van der Waals surface area contributed by atoms with Gasteiger partial charge in [0.25, 0.3) is 5.22 Å². The number of para-hydroxylation sites is 2. The van der Waals surface area contributed by atoms with E-state index < -0.39 is 5.97 Å². The van der Waals surface area contributed by atoms with Crippen LogP contribution >= 0.6 is 23.4 Å². The van der Waals surface area contributed by atoms with Gasteiger partial charge in [-0.1, -0.05) is 29.8 Å². The van der Waals surface area contributed by atoms with E-state index in [-0.39, 0.29) is 10.1 Å². The number of hydrogen-bond donors (Lipinski definition) is 1. The van der Waals surface area contributed by atoms with Crippen LogP contribution in [0.25, 0.3) is 17.2 Å². The SMILES string of the molecule is COc1ccc(/C=C(/Sc2nc3ccccc3o2)C(=O)O)cc1Cl. The molecule has 0 atom stereocenters. The van der Waals surface area contributed by atoms with Gasteiger partial charge in [-0.15, -0.1) is 0 Å². The number of aliphatic carboxylic acids is 1.